The van der Waals surface area contributed by atoms with Crippen LogP contribution >= 0.6 is 23.2 Å². The van der Waals surface area contributed by atoms with Crippen LogP contribution in [-0.2, 0) is 14.8 Å². The lowest BCUT2D eigenvalue weighted by Crippen LogP contribution is -2.40. The van der Waals surface area contributed by atoms with Crippen LogP contribution in [0.4, 0.5) is 5.69 Å². The summed E-state index contributed by atoms with van der Waals surface area (Å²) in [4.78, 5) is 12.0. The second kappa shape index (κ2) is 8.76. The van der Waals surface area contributed by atoms with E-state index in [2.05, 4.69) is 5.32 Å². The van der Waals surface area contributed by atoms with Crippen molar-refractivity contribution in [1.82, 2.24) is 5.32 Å². The molecule has 1 amide bonds. The van der Waals surface area contributed by atoms with Crippen molar-refractivity contribution in [3.63, 3.8) is 0 Å². The van der Waals surface area contributed by atoms with Crippen molar-refractivity contribution in [2.45, 2.75) is 26.7 Å². The molecule has 0 atom stereocenters. The van der Waals surface area contributed by atoms with E-state index < -0.39 is 10.0 Å². The molecule has 0 bridgehead atoms. The lowest BCUT2D eigenvalue weighted by Gasteiger charge is -2.24. The van der Waals surface area contributed by atoms with E-state index in [1.165, 1.54) is 6.07 Å². The van der Waals surface area contributed by atoms with Crippen molar-refractivity contribution in [1.29, 1.82) is 0 Å². The Morgan fingerprint density at radius 3 is 2.39 bits per heavy atom. The van der Waals surface area contributed by atoms with Crippen LogP contribution in [0.3, 0.4) is 0 Å². The molecular weight excluding hydrogens is 359 g/mol. The molecule has 0 aliphatic carbocycles. The third kappa shape index (κ3) is 5.86. The molecule has 5 nitrogen and oxygen atoms in total. The molecule has 1 aromatic carbocycles. The van der Waals surface area contributed by atoms with Gasteiger partial charge in [-0.2, -0.15) is 0 Å². The Hall–Kier alpha value is -0.980. The molecule has 0 heterocycles. The number of nitrogens with one attached hydrogen (secondary N) is 1. The zero-order chi connectivity index (χ0) is 17.6. The van der Waals surface area contributed by atoms with Gasteiger partial charge in [0.25, 0.3) is 0 Å². The average Bonchev–Trinajstić information content (AvgIpc) is 2.46. The fourth-order valence-corrected chi connectivity index (χ4v) is 3.59. The highest BCUT2D eigenvalue weighted by atomic mass is 35.5. The summed E-state index contributed by atoms with van der Waals surface area (Å²) in [6, 6.07) is 4.62. The normalized spacial score (nSPS) is 11.6. The summed E-state index contributed by atoms with van der Waals surface area (Å²) in [6.45, 7) is 4.18. The van der Waals surface area contributed by atoms with Gasteiger partial charge in [-0.05, 0) is 31.0 Å². The number of carbonyl (C=O) groups is 1. The van der Waals surface area contributed by atoms with E-state index in [1.807, 2.05) is 13.8 Å². The van der Waals surface area contributed by atoms with Gasteiger partial charge in [0.1, 0.15) is 0 Å². The first-order chi connectivity index (χ1) is 10.7. The topological polar surface area (TPSA) is 66.5 Å². The largest absolute Gasteiger partial charge is 0.354 e. The van der Waals surface area contributed by atoms with Crippen LogP contribution < -0.4 is 9.62 Å². The average molecular weight is 381 g/mol. The summed E-state index contributed by atoms with van der Waals surface area (Å²) in [6.07, 6.45) is 2.59. The summed E-state index contributed by atoms with van der Waals surface area (Å²) in [5.41, 5.74) is 0.304. The minimum Gasteiger partial charge on any atom is -0.354 e. The molecule has 0 saturated heterocycles. The van der Waals surface area contributed by atoms with Crippen LogP contribution in [0.2, 0.25) is 10.0 Å². The molecule has 0 aromatic heterocycles. The van der Waals surface area contributed by atoms with Crippen molar-refractivity contribution in [2.24, 2.45) is 5.92 Å². The molecule has 1 rings (SSSR count). The van der Waals surface area contributed by atoms with Gasteiger partial charge in [0.2, 0.25) is 15.9 Å². The molecule has 23 heavy (non-hydrogen) atoms. The Balaban J connectivity index is 2.86. The minimum absolute atomic E-state index is 0.0589. The second-order valence-corrected chi connectivity index (χ2v) is 7.99. The number of carbonyl (C=O) groups excluding carboxylic acids is 1. The number of hydrogen-bond acceptors (Lipinski definition) is 3. The van der Waals surface area contributed by atoms with Crippen molar-refractivity contribution < 1.29 is 13.2 Å². The maximum absolute atomic E-state index is 12.0. The van der Waals surface area contributed by atoms with Gasteiger partial charge in [-0.15, -0.1) is 0 Å². The van der Waals surface area contributed by atoms with Crippen LogP contribution in [0.25, 0.3) is 0 Å². The smallest absolute Gasteiger partial charge is 0.232 e. The third-order valence-electron chi connectivity index (χ3n) is 3.55. The SMILES string of the molecule is CCC(CC)C(=O)NCCN(c1cc(Cl)ccc1Cl)S(C)(=O)=O. The van der Waals surface area contributed by atoms with Crippen LogP contribution in [0.1, 0.15) is 26.7 Å². The van der Waals surface area contributed by atoms with E-state index in [1.54, 1.807) is 12.1 Å². The highest BCUT2D eigenvalue weighted by Gasteiger charge is 2.21. The summed E-state index contributed by atoms with van der Waals surface area (Å²) in [5, 5.41) is 3.44. The molecular formula is C15H22Cl2N2O3S. The first-order valence-electron chi connectivity index (χ1n) is 7.41. The molecule has 0 unspecified atom stereocenters. The zero-order valence-corrected chi connectivity index (χ0v) is 15.8. The molecule has 0 saturated carbocycles. The molecule has 1 N–H and O–H groups in total. The highest BCUT2D eigenvalue weighted by Crippen LogP contribution is 2.30. The van der Waals surface area contributed by atoms with E-state index in [4.69, 9.17) is 23.2 Å². The maximum Gasteiger partial charge on any atom is 0.232 e. The van der Waals surface area contributed by atoms with Crippen molar-refractivity contribution in [3.05, 3.63) is 28.2 Å². The predicted molar refractivity (Wildman–Crippen MR) is 95.7 cm³/mol. The number of sulfonamides is 1. The van der Waals surface area contributed by atoms with Crippen LogP contribution in [0, 0.1) is 5.92 Å². The van der Waals surface area contributed by atoms with Gasteiger partial charge in [-0.25, -0.2) is 8.42 Å². The van der Waals surface area contributed by atoms with E-state index in [0.29, 0.717) is 10.7 Å². The van der Waals surface area contributed by atoms with Crippen molar-refractivity contribution in [2.75, 3.05) is 23.7 Å². The maximum atomic E-state index is 12.0. The molecule has 0 spiro atoms. The highest BCUT2D eigenvalue weighted by molar-refractivity contribution is 7.92. The zero-order valence-electron chi connectivity index (χ0n) is 13.5. The van der Waals surface area contributed by atoms with Gasteiger partial charge < -0.3 is 5.32 Å². The first kappa shape index (κ1) is 20.1. The lowest BCUT2D eigenvalue weighted by atomic mass is 10.0. The summed E-state index contributed by atoms with van der Waals surface area (Å²) < 4.78 is 25.2. The summed E-state index contributed by atoms with van der Waals surface area (Å²) in [7, 11) is -3.55. The molecule has 1 aromatic rings. The van der Waals surface area contributed by atoms with Crippen molar-refractivity contribution in [3.8, 4) is 0 Å². The quantitative estimate of drug-likeness (QED) is 0.751. The molecule has 0 radical (unpaired) electrons. The van der Waals surface area contributed by atoms with Gasteiger partial charge >= 0.3 is 0 Å². The molecule has 0 aliphatic rings. The summed E-state index contributed by atoms with van der Waals surface area (Å²) >= 11 is 12.0. The van der Waals surface area contributed by atoms with Crippen LogP contribution in [0.15, 0.2) is 18.2 Å². The monoisotopic (exact) mass is 380 g/mol. The third-order valence-corrected chi connectivity index (χ3v) is 5.28. The van der Waals surface area contributed by atoms with E-state index in [9.17, 15) is 13.2 Å². The van der Waals surface area contributed by atoms with Crippen LogP contribution in [0.5, 0.6) is 0 Å². The summed E-state index contributed by atoms with van der Waals surface area (Å²) in [5.74, 6) is -0.128. The van der Waals surface area contributed by atoms with Crippen molar-refractivity contribution >= 4 is 44.8 Å². The Bertz CT molecular complexity index is 646. The van der Waals surface area contributed by atoms with Gasteiger partial charge in [0, 0.05) is 17.5 Å². The number of halogens is 2. The fourth-order valence-electron chi connectivity index (χ4n) is 2.23. The number of rotatable bonds is 8. The Morgan fingerprint density at radius 2 is 1.87 bits per heavy atom. The number of hydrogen-bond donors (Lipinski definition) is 1. The lowest BCUT2D eigenvalue weighted by molar-refractivity contribution is -0.125. The van der Waals surface area contributed by atoms with Gasteiger partial charge in [-0.1, -0.05) is 37.0 Å². The fraction of sp³-hybridized carbons (Fsp3) is 0.533. The number of anilines is 1. The second-order valence-electron chi connectivity index (χ2n) is 5.24. The van der Waals surface area contributed by atoms with Gasteiger partial charge in [0.05, 0.1) is 23.5 Å². The van der Waals surface area contributed by atoms with Crippen LogP contribution in [-0.4, -0.2) is 33.7 Å². The number of amides is 1. The van der Waals surface area contributed by atoms with Gasteiger partial charge in [-0.3, -0.25) is 9.10 Å². The van der Waals surface area contributed by atoms with Gasteiger partial charge in [0.15, 0.2) is 0 Å². The van der Waals surface area contributed by atoms with E-state index in [0.717, 1.165) is 23.4 Å². The Labute approximate surface area is 148 Å². The number of nitrogens with zero attached hydrogens (tertiary/aromatic N) is 1. The Kier molecular flexibility index (Phi) is 7.64. The standard InChI is InChI=1S/C15H22Cl2N2O3S/c1-4-11(5-2)15(20)18-8-9-19(23(3,21)22)14-10-12(16)6-7-13(14)17/h6-7,10-11H,4-5,8-9H2,1-3H3,(H,18,20). The predicted octanol–water partition coefficient (Wildman–Crippen LogP) is 3.31. The minimum atomic E-state index is -3.55. The first-order valence-corrected chi connectivity index (χ1v) is 10.0. The molecule has 0 fully saturated rings. The van der Waals surface area contributed by atoms with E-state index in [-0.39, 0.29) is 29.9 Å². The molecule has 130 valence electrons. The molecule has 0 aliphatic heterocycles. The Morgan fingerprint density at radius 1 is 1.26 bits per heavy atom. The van der Waals surface area contributed by atoms with E-state index >= 15 is 0 Å². The molecule has 8 heteroatoms. The number of benzene rings is 1.